The molecule has 4 heterocycles. The number of carbonyl (C=O) groups is 1. The Kier molecular flexibility index (Phi) is 7.66. The number of thiophene rings is 1. The number of aromatic nitrogens is 3. The molecule has 6 aromatic rings. The molecule has 0 spiro atoms. The van der Waals surface area contributed by atoms with E-state index in [1.165, 1.54) is 64.7 Å². The van der Waals surface area contributed by atoms with E-state index in [0.717, 1.165) is 22.3 Å². The van der Waals surface area contributed by atoms with E-state index < -0.39 is 38.9 Å². The Balaban J connectivity index is 1.24. The molecule has 0 fully saturated rings. The molecular formula is C31H21F3N4O4S2. The number of carbonyl (C=O) groups excluding carboxylic acids is 1. The highest BCUT2D eigenvalue weighted by atomic mass is 32.2. The number of amides is 1. The number of benzene rings is 2. The summed E-state index contributed by atoms with van der Waals surface area (Å²) in [7, 11) is -4.03. The SMILES string of the molecule is O=C(NCc1ccc(-c2cn(S(=O)(=O)c3ccccc3)c3ncc(F)cc23)s1)c1cccn(Cc2ccc(F)c(F)c2)c1=O. The minimum Gasteiger partial charge on any atom is -0.347 e. The molecular weight excluding hydrogens is 613 g/mol. The predicted octanol–water partition coefficient (Wildman–Crippen LogP) is 5.56. The third-order valence-electron chi connectivity index (χ3n) is 6.83. The summed E-state index contributed by atoms with van der Waals surface area (Å²) in [5, 5.41) is 3.00. The largest absolute Gasteiger partial charge is 0.347 e. The molecule has 0 saturated carbocycles. The van der Waals surface area contributed by atoms with E-state index in [1.54, 1.807) is 30.3 Å². The first-order valence-corrected chi connectivity index (χ1v) is 15.4. The van der Waals surface area contributed by atoms with Gasteiger partial charge in [0.1, 0.15) is 11.4 Å². The van der Waals surface area contributed by atoms with Crippen LogP contribution in [0.3, 0.4) is 0 Å². The summed E-state index contributed by atoms with van der Waals surface area (Å²) in [5.74, 6) is -3.31. The van der Waals surface area contributed by atoms with E-state index in [4.69, 9.17) is 0 Å². The Bertz CT molecular complexity index is 2210. The summed E-state index contributed by atoms with van der Waals surface area (Å²) in [4.78, 5) is 31.3. The van der Waals surface area contributed by atoms with Crippen LogP contribution in [0.25, 0.3) is 21.5 Å². The molecule has 6 rings (SSSR count). The second-order valence-corrected chi connectivity index (χ2v) is 12.7. The van der Waals surface area contributed by atoms with Crippen molar-refractivity contribution in [2.24, 2.45) is 0 Å². The van der Waals surface area contributed by atoms with Crippen molar-refractivity contribution in [3.63, 3.8) is 0 Å². The molecule has 0 aliphatic carbocycles. The summed E-state index contributed by atoms with van der Waals surface area (Å²) in [6.07, 6.45) is 3.79. The van der Waals surface area contributed by atoms with Gasteiger partial charge >= 0.3 is 0 Å². The Hall–Kier alpha value is -5.01. The van der Waals surface area contributed by atoms with Gasteiger partial charge in [0, 0.05) is 33.1 Å². The zero-order chi connectivity index (χ0) is 31.0. The second kappa shape index (κ2) is 11.6. The predicted molar refractivity (Wildman–Crippen MR) is 159 cm³/mol. The fourth-order valence-electron chi connectivity index (χ4n) is 4.69. The molecule has 0 bridgehead atoms. The number of fused-ring (bicyclic) bond motifs is 1. The summed E-state index contributed by atoms with van der Waals surface area (Å²) < 4.78 is 70.2. The standard InChI is InChI=1S/C31H21F3N4O4S2/c32-20-14-24-25(18-38(29(24)35-15-20)44(41,42)22-5-2-1-3-6-22)28-11-9-21(43-28)16-36-30(39)23-7-4-12-37(31(23)40)17-19-8-10-26(33)27(34)13-19/h1-15,18H,16-17H2,(H,36,39). The molecule has 1 N–H and O–H groups in total. The van der Waals surface area contributed by atoms with Gasteiger partial charge in [-0.05, 0) is 60.2 Å². The fourth-order valence-corrected chi connectivity index (χ4v) is 7.01. The van der Waals surface area contributed by atoms with Crippen LogP contribution in [-0.4, -0.2) is 27.8 Å². The molecule has 0 atom stereocenters. The third-order valence-corrected chi connectivity index (χ3v) is 9.61. The van der Waals surface area contributed by atoms with Crippen LogP contribution >= 0.6 is 11.3 Å². The van der Waals surface area contributed by atoms with Crippen molar-refractivity contribution in [3.05, 3.63) is 141 Å². The third kappa shape index (κ3) is 5.54. The maximum absolute atomic E-state index is 14.2. The minimum atomic E-state index is -4.03. The molecule has 0 radical (unpaired) electrons. The molecule has 0 aliphatic heterocycles. The van der Waals surface area contributed by atoms with E-state index in [2.05, 4.69) is 10.3 Å². The highest BCUT2D eigenvalue weighted by Gasteiger charge is 2.24. The lowest BCUT2D eigenvalue weighted by molar-refractivity contribution is 0.0949. The van der Waals surface area contributed by atoms with Gasteiger partial charge in [0.15, 0.2) is 17.3 Å². The molecule has 8 nitrogen and oxygen atoms in total. The first kappa shape index (κ1) is 29.1. The maximum atomic E-state index is 14.2. The van der Waals surface area contributed by atoms with E-state index in [0.29, 0.717) is 26.3 Å². The zero-order valence-corrected chi connectivity index (χ0v) is 24.2. The Morgan fingerprint density at radius 3 is 2.50 bits per heavy atom. The van der Waals surface area contributed by atoms with E-state index >= 15 is 0 Å². The Labute approximate surface area is 252 Å². The topological polar surface area (TPSA) is 103 Å². The van der Waals surface area contributed by atoms with Gasteiger partial charge in [0.2, 0.25) is 0 Å². The van der Waals surface area contributed by atoms with Gasteiger partial charge in [0.25, 0.3) is 21.5 Å². The zero-order valence-electron chi connectivity index (χ0n) is 22.6. The number of pyridine rings is 2. The molecule has 2 aromatic carbocycles. The van der Waals surface area contributed by atoms with Crippen molar-refractivity contribution >= 4 is 38.3 Å². The normalized spacial score (nSPS) is 11.6. The van der Waals surface area contributed by atoms with Crippen LogP contribution in [0, 0.1) is 17.5 Å². The molecule has 44 heavy (non-hydrogen) atoms. The van der Waals surface area contributed by atoms with Crippen LogP contribution in [0.2, 0.25) is 0 Å². The van der Waals surface area contributed by atoms with Crippen LogP contribution in [0.15, 0.2) is 107 Å². The lowest BCUT2D eigenvalue weighted by atomic mass is 10.2. The van der Waals surface area contributed by atoms with E-state index in [9.17, 15) is 31.2 Å². The van der Waals surface area contributed by atoms with Crippen molar-refractivity contribution in [2.45, 2.75) is 18.0 Å². The number of hydrogen-bond acceptors (Lipinski definition) is 6. The summed E-state index contributed by atoms with van der Waals surface area (Å²) in [5.41, 5.74) is 0.114. The number of hydrogen-bond donors (Lipinski definition) is 1. The lowest BCUT2D eigenvalue weighted by Crippen LogP contribution is -2.32. The number of nitrogens with one attached hydrogen (secondary N) is 1. The van der Waals surface area contributed by atoms with Crippen LogP contribution in [0.1, 0.15) is 20.8 Å². The number of nitrogens with zero attached hydrogens (tertiary/aromatic N) is 3. The van der Waals surface area contributed by atoms with Crippen LogP contribution in [0.4, 0.5) is 13.2 Å². The lowest BCUT2D eigenvalue weighted by Gasteiger charge is -2.09. The van der Waals surface area contributed by atoms with Gasteiger partial charge in [-0.3, -0.25) is 9.59 Å². The summed E-state index contributed by atoms with van der Waals surface area (Å²) >= 11 is 1.25. The molecule has 0 saturated heterocycles. The van der Waals surface area contributed by atoms with Crippen molar-refractivity contribution in [1.82, 2.24) is 18.8 Å². The maximum Gasteiger partial charge on any atom is 0.269 e. The van der Waals surface area contributed by atoms with Gasteiger partial charge in [-0.2, -0.15) is 0 Å². The average Bonchev–Trinajstić information content (AvgIpc) is 3.64. The van der Waals surface area contributed by atoms with Gasteiger partial charge < -0.3 is 9.88 Å². The first-order valence-electron chi connectivity index (χ1n) is 13.1. The second-order valence-electron chi connectivity index (χ2n) is 9.73. The molecule has 13 heteroatoms. The van der Waals surface area contributed by atoms with Gasteiger partial charge in [-0.25, -0.2) is 30.5 Å². The number of halogens is 3. The molecule has 0 unspecified atom stereocenters. The molecule has 0 aliphatic rings. The van der Waals surface area contributed by atoms with Gasteiger partial charge in [-0.15, -0.1) is 11.3 Å². The van der Waals surface area contributed by atoms with Crippen LogP contribution in [-0.2, 0) is 23.1 Å². The summed E-state index contributed by atoms with van der Waals surface area (Å²) in [6.45, 7) is -0.0109. The van der Waals surface area contributed by atoms with E-state index in [1.807, 2.05) is 0 Å². The molecule has 4 aromatic heterocycles. The Morgan fingerprint density at radius 1 is 0.932 bits per heavy atom. The highest BCUT2D eigenvalue weighted by molar-refractivity contribution is 7.90. The monoisotopic (exact) mass is 634 g/mol. The van der Waals surface area contributed by atoms with Gasteiger partial charge in [-0.1, -0.05) is 24.3 Å². The van der Waals surface area contributed by atoms with Crippen LogP contribution in [0.5, 0.6) is 0 Å². The van der Waals surface area contributed by atoms with Crippen molar-refractivity contribution in [2.75, 3.05) is 0 Å². The van der Waals surface area contributed by atoms with Crippen LogP contribution < -0.4 is 10.9 Å². The Morgan fingerprint density at radius 2 is 1.73 bits per heavy atom. The molecule has 222 valence electrons. The quantitative estimate of drug-likeness (QED) is 0.236. The highest BCUT2D eigenvalue weighted by Crippen LogP contribution is 2.36. The first-order chi connectivity index (χ1) is 21.1. The minimum absolute atomic E-state index is 0.0500. The summed E-state index contributed by atoms with van der Waals surface area (Å²) in [6, 6.07) is 18.7. The fraction of sp³-hybridized carbons (Fsp3) is 0.0645. The average molecular weight is 635 g/mol. The van der Waals surface area contributed by atoms with Crippen molar-refractivity contribution in [1.29, 1.82) is 0 Å². The van der Waals surface area contributed by atoms with E-state index in [-0.39, 0.29) is 29.2 Å². The smallest absolute Gasteiger partial charge is 0.269 e. The van der Waals surface area contributed by atoms with Crippen molar-refractivity contribution < 1.29 is 26.4 Å². The molecule has 1 amide bonds. The van der Waals surface area contributed by atoms with Crippen molar-refractivity contribution in [3.8, 4) is 10.4 Å². The number of rotatable bonds is 8. The van der Waals surface area contributed by atoms with Gasteiger partial charge in [0.05, 0.1) is 24.2 Å².